The lowest BCUT2D eigenvalue weighted by molar-refractivity contribution is 0.585. The second-order valence-electron chi connectivity index (χ2n) is 2.40. The van der Waals surface area contributed by atoms with Crippen LogP contribution in [0.1, 0.15) is 0 Å². The van der Waals surface area contributed by atoms with Crippen LogP contribution in [0.3, 0.4) is 0 Å². The van der Waals surface area contributed by atoms with E-state index in [-0.39, 0.29) is 11.3 Å². The van der Waals surface area contributed by atoms with E-state index in [1.54, 1.807) is 0 Å². The van der Waals surface area contributed by atoms with E-state index >= 15 is 0 Å². The molecule has 0 aliphatic heterocycles. The van der Waals surface area contributed by atoms with Crippen molar-refractivity contribution in [1.29, 1.82) is 0 Å². The molecule has 8 heteroatoms. The molecule has 0 unspecified atom stereocenters. The van der Waals surface area contributed by atoms with Gasteiger partial charge >= 0.3 is 0 Å². The summed E-state index contributed by atoms with van der Waals surface area (Å²) in [5, 5.41) is 6.97. The van der Waals surface area contributed by atoms with Gasteiger partial charge in [0.15, 0.2) is 0 Å². The fraction of sp³-hybridized carbons (Fsp3) is 0.200. The number of aromatic nitrogens is 5. The third kappa shape index (κ3) is 1.24. The van der Waals surface area contributed by atoms with Crippen LogP contribution in [0.2, 0.25) is 0 Å². The Hall–Kier alpha value is -1.57. The van der Waals surface area contributed by atoms with Crippen molar-refractivity contribution in [2.45, 2.75) is 0 Å². The Labute approximate surface area is 73.5 Å². The third-order valence-corrected chi connectivity index (χ3v) is 2.25. The normalized spacial score (nSPS) is 12.1. The highest BCUT2D eigenvalue weighted by molar-refractivity contribution is 7.89. The van der Waals surface area contributed by atoms with Crippen molar-refractivity contribution < 1.29 is 8.42 Å². The molecule has 2 aromatic heterocycles. The zero-order valence-corrected chi connectivity index (χ0v) is 7.43. The SMILES string of the molecule is CS(=O)(=O)n1nnc2nccnc21. The van der Waals surface area contributed by atoms with Gasteiger partial charge in [0.1, 0.15) is 0 Å². The Morgan fingerprint density at radius 3 is 2.69 bits per heavy atom. The first-order valence-corrected chi connectivity index (χ1v) is 5.17. The molecule has 2 rings (SSSR count). The van der Waals surface area contributed by atoms with E-state index in [0.29, 0.717) is 0 Å². The number of hydrogen-bond donors (Lipinski definition) is 0. The van der Waals surface area contributed by atoms with Crippen molar-refractivity contribution in [2.75, 3.05) is 6.26 Å². The minimum absolute atomic E-state index is 0.144. The van der Waals surface area contributed by atoms with E-state index in [0.717, 1.165) is 10.3 Å². The van der Waals surface area contributed by atoms with E-state index < -0.39 is 10.0 Å². The highest BCUT2D eigenvalue weighted by Gasteiger charge is 2.13. The molecule has 0 atom stereocenters. The maximum atomic E-state index is 11.1. The van der Waals surface area contributed by atoms with Crippen LogP contribution in [0.4, 0.5) is 0 Å². The van der Waals surface area contributed by atoms with Crippen LogP contribution >= 0.6 is 0 Å². The van der Waals surface area contributed by atoms with Gasteiger partial charge in [-0.05, 0) is 5.21 Å². The van der Waals surface area contributed by atoms with Gasteiger partial charge in [0.2, 0.25) is 11.3 Å². The molecule has 13 heavy (non-hydrogen) atoms. The zero-order chi connectivity index (χ0) is 9.47. The molecule has 0 saturated carbocycles. The largest absolute Gasteiger partial charge is 0.254 e. The van der Waals surface area contributed by atoms with Crippen LogP contribution in [0, 0.1) is 0 Å². The Bertz CT molecular complexity index is 545. The van der Waals surface area contributed by atoms with Gasteiger partial charge < -0.3 is 0 Å². The Balaban J connectivity index is 2.87. The van der Waals surface area contributed by atoms with Gasteiger partial charge in [-0.1, -0.05) is 0 Å². The summed E-state index contributed by atoms with van der Waals surface area (Å²) in [5.74, 6) is 0. The minimum atomic E-state index is -3.45. The third-order valence-electron chi connectivity index (χ3n) is 1.38. The molecule has 2 heterocycles. The zero-order valence-electron chi connectivity index (χ0n) is 6.62. The molecule has 0 fully saturated rings. The van der Waals surface area contributed by atoms with Gasteiger partial charge in [-0.25, -0.2) is 18.4 Å². The summed E-state index contributed by atoms with van der Waals surface area (Å²) in [4.78, 5) is 7.60. The molecule has 0 aliphatic carbocycles. The predicted octanol–water partition coefficient (Wildman–Crippen LogP) is -0.971. The first kappa shape index (κ1) is 8.05. The molecular weight excluding hydrogens is 194 g/mol. The lowest BCUT2D eigenvalue weighted by Crippen LogP contribution is -2.12. The minimum Gasteiger partial charge on any atom is -0.231 e. The average molecular weight is 199 g/mol. The number of nitrogens with zero attached hydrogens (tertiary/aromatic N) is 5. The number of fused-ring (bicyclic) bond motifs is 1. The predicted molar refractivity (Wildman–Crippen MR) is 43.4 cm³/mol. The monoisotopic (exact) mass is 199 g/mol. The summed E-state index contributed by atoms with van der Waals surface area (Å²) in [5.41, 5.74) is 0.359. The van der Waals surface area contributed by atoms with E-state index in [9.17, 15) is 8.42 Å². The smallest absolute Gasteiger partial charge is 0.231 e. The van der Waals surface area contributed by atoms with E-state index in [4.69, 9.17) is 0 Å². The quantitative estimate of drug-likeness (QED) is 0.586. The second-order valence-corrected chi connectivity index (χ2v) is 4.21. The maximum absolute atomic E-state index is 11.1. The van der Waals surface area contributed by atoms with Gasteiger partial charge in [-0.15, -0.1) is 9.19 Å². The van der Waals surface area contributed by atoms with Crippen LogP contribution in [0.25, 0.3) is 11.3 Å². The summed E-state index contributed by atoms with van der Waals surface area (Å²) >= 11 is 0. The fourth-order valence-corrected chi connectivity index (χ4v) is 1.49. The lowest BCUT2D eigenvalue weighted by Gasteiger charge is -1.94. The maximum Gasteiger partial charge on any atom is 0.254 e. The van der Waals surface area contributed by atoms with Gasteiger partial charge in [-0.3, -0.25) is 0 Å². The molecule has 0 bridgehead atoms. The first-order chi connectivity index (χ1) is 6.09. The Morgan fingerprint density at radius 1 is 1.31 bits per heavy atom. The van der Waals surface area contributed by atoms with Gasteiger partial charge in [-0.2, -0.15) is 0 Å². The van der Waals surface area contributed by atoms with Crippen molar-refractivity contribution in [3.05, 3.63) is 12.4 Å². The van der Waals surface area contributed by atoms with Crippen molar-refractivity contribution in [3.8, 4) is 0 Å². The fourth-order valence-electron chi connectivity index (χ4n) is 0.878. The van der Waals surface area contributed by atoms with E-state index in [1.165, 1.54) is 12.4 Å². The van der Waals surface area contributed by atoms with Crippen molar-refractivity contribution in [2.24, 2.45) is 0 Å². The van der Waals surface area contributed by atoms with Crippen molar-refractivity contribution in [1.82, 2.24) is 24.4 Å². The molecule has 0 saturated heterocycles. The highest BCUT2D eigenvalue weighted by Crippen LogP contribution is 2.04. The van der Waals surface area contributed by atoms with E-state index in [1.807, 2.05) is 0 Å². The van der Waals surface area contributed by atoms with E-state index in [2.05, 4.69) is 20.3 Å². The molecule has 0 amide bonds. The van der Waals surface area contributed by atoms with Crippen molar-refractivity contribution >= 4 is 21.3 Å². The van der Waals surface area contributed by atoms with Crippen LogP contribution in [0.5, 0.6) is 0 Å². The number of hydrogen-bond acceptors (Lipinski definition) is 6. The molecule has 0 spiro atoms. The van der Waals surface area contributed by atoms with Crippen LogP contribution in [0.15, 0.2) is 12.4 Å². The molecule has 0 radical (unpaired) electrons. The topological polar surface area (TPSA) is 90.6 Å². The molecule has 0 N–H and O–H groups in total. The summed E-state index contributed by atoms with van der Waals surface area (Å²) < 4.78 is 22.9. The molecule has 68 valence electrons. The highest BCUT2D eigenvalue weighted by atomic mass is 32.2. The van der Waals surface area contributed by atoms with Crippen LogP contribution in [-0.2, 0) is 10.0 Å². The summed E-state index contributed by atoms with van der Waals surface area (Å²) in [7, 11) is -3.45. The summed E-state index contributed by atoms with van der Waals surface area (Å²) in [6, 6.07) is 0. The average Bonchev–Trinajstić information content (AvgIpc) is 2.45. The Morgan fingerprint density at radius 2 is 2.00 bits per heavy atom. The lowest BCUT2D eigenvalue weighted by atomic mass is 10.7. The van der Waals surface area contributed by atoms with Gasteiger partial charge in [0.25, 0.3) is 10.0 Å². The molecule has 0 aromatic carbocycles. The van der Waals surface area contributed by atoms with Crippen LogP contribution in [-0.4, -0.2) is 39.0 Å². The second kappa shape index (κ2) is 2.46. The molecular formula is C5H5N5O2S. The number of rotatable bonds is 1. The molecule has 2 aromatic rings. The van der Waals surface area contributed by atoms with Gasteiger partial charge in [0.05, 0.1) is 6.26 Å². The van der Waals surface area contributed by atoms with Crippen molar-refractivity contribution in [3.63, 3.8) is 0 Å². The first-order valence-electron chi connectivity index (χ1n) is 3.32. The molecule has 7 nitrogen and oxygen atoms in total. The summed E-state index contributed by atoms with van der Waals surface area (Å²) in [6.45, 7) is 0. The summed E-state index contributed by atoms with van der Waals surface area (Å²) in [6.07, 6.45) is 3.83. The standard InChI is InChI=1S/C5H5N5O2S/c1-13(11,12)10-5-4(8-9-10)6-2-3-7-5/h2-3H,1H3. The Kier molecular flexibility index (Phi) is 1.52. The van der Waals surface area contributed by atoms with Crippen LogP contribution < -0.4 is 0 Å². The molecule has 0 aliphatic rings. The van der Waals surface area contributed by atoms with Gasteiger partial charge in [0, 0.05) is 12.4 Å².